The SMILES string of the molecule is CC(=O)N[C@H](CCOc1ccccc1)C(=O)O. The number of carboxylic acids is 1. The van der Waals surface area contributed by atoms with Gasteiger partial charge in [0, 0.05) is 13.3 Å². The number of ether oxygens (including phenoxy) is 1. The summed E-state index contributed by atoms with van der Waals surface area (Å²) < 4.78 is 5.35. The van der Waals surface area contributed by atoms with Crippen molar-refractivity contribution in [3.05, 3.63) is 30.3 Å². The summed E-state index contributed by atoms with van der Waals surface area (Å²) in [5.41, 5.74) is 0. The molecular weight excluding hydrogens is 222 g/mol. The second-order valence-electron chi connectivity index (χ2n) is 3.54. The lowest BCUT2D eigenvalue weighted by Gasteiger charge is -2.13. The first-order valence-electron chi connectivity index (χ1n) is 5.27. The van der Waals surface area contributed by atoms with Gasteiger partial charge in [-0.2, -0.15) is 0 Å². The predicted molar refractivity (Wildman–Crippen MR) is 61.8 cm³/mol. The van der Waals surface area contributed by atoms with Crippen molar-refractivity contribution < 1.29 is 19.4 Å². The molecule has 0 radical (unpaired) electrons. The van der Waals surface area contributed by atoms with Crippen LogP contribution >= 0.6 is 0 Å². The molecule has 5 heteroatoms. The third-order valence-electron chi connectivity index (χ3n) is 2.09. The Kier molecular flexibility index (Phi) is 5.00. The van der Waals surface area contributed by atoms with Gasteiger partial charge in [0.25, 0.3) is 0 Å². The molecule has 0 bridgehead atoms. The maximum atomic E-state index is 10.8. The fraction of sp³-hybridized carbons (Fsp3) is 0.333. The van der Waals surface area contributed by atoms with Crippen molar-refractivity contribution in [2.75, 3.05) is 6.61 Å². The molecular formula is C12H15NO4. The number of nitrogens with one attached hydrogen (secondary N) is 1. The van der Waals surface area contributed by atoms with Gasteiger partial charge in [-0.05, 0) is 12.1 Å². The zero-order valence-corrected chi connectivity index (χ0v) is 9.55. The molecule has 92 valence electrons. The number of amides is 1. The molecule has 0 spiro atoms. The molecule has 1 aromatic carbocycles. The Morgan fingerprint density at radius 2 is 2.00 bits per heavy atom. The Morgan fingerprint density at radius 3 is 2.53 bits per heavy atom. The van der Waals surface area contributed by atoms with Crippen LogP contribution in [-0.2, 0) is 9.59 Å². The summed E-state index contributed by atoms with van der Waals surface area (Å²) in [5, 5.41) is 11.2. The second-order valence-corrected chi connectivity index (χ2v) is 3.54. The van der Waals surface area contributed by atoms with E-state index in [0.29, 0.717) is 5.75 Å². The van der Waals surface area contributed by atoms with Gasteiger partial charge in [-0.3, -0.25) is 4.79 Å². The standard InChI is InChI=1S/C12H15NO4/c1-9(14)13-11(12(15)16)7-8-17-10-5-3-2-4-6-10/h2-6,11H,7-8H2,1H3,(H,13,14)(H,15,16)/t11-/m1/s1. The lowest BCUT2D eigenvalue weighted by atomic mass is 10.2. The molecule has 1 rings (SSSR count). The van der Waals surface area contributed by atoms with Crippen LogP contribution in [0.3, 0.4) is 0 Å². The normalized spacial score (nSPS) is 11.6. The number of hydrogen-bond donors (Lipinski definition) is 2. The summed E-state index contributed by atoms with van der Waals surface area (Å²) in [7, 11) is 0. The van der Waals surface area contributed by atoms with Crippen molar-refractivity contribution in [1.29, 1.82) is 0 Å². The van der Waals surface area contributed by atoms with Gasteiger partial charge in [-0.1, -0.05) is 18.2 Å². The highest BCUT2D eigenvalue weighted by atomic mass is 16.5. The largest absolute Gasteiger partial charge is 0.494 e. The van der Waals surface area contributed by atoms with Gasteiger partial charge in [0.05, 0.1) is 6.61 Å². The number of hydrogen-bond acceptors (Lipinski definition) is 3. The van der Waals surface area contributed by atoms with Gasteiger partial charge in [0.15, 0.2) is 0 Å². The Hall–Kier alpha value is -2.04. The maximum absolute atomic E-state index is 10.8. The van der Waals surface area contributed by atoms with Crippen LogP contribution in [0.15, 0.2) is 30.3 Å². The van der Waals surface area contributed by atoms with Crippen LogP contribution < -0.4 is 10.1 Å². The van der Waals surface area contributed by atoms with E-state index in [-0.39, 0.29) is 18.9 Å². The van der Waals surface area contributed by atoms with Gasteiger partial charge in [-0.25, -0.2) is 4.79 Å². The Balaban J connectivity index is 2.37. The number of rotatable bonds is 6. The van der Waals surface area contributed by atoms with E-state index >= 15 is 0 Å². The minimum atomic E-state index is -1.06. The van der Waals surface area contributed by atoms with Crippen molar-refractivity contribution in [2.24, 2.45) is 0 Å². The van der Waals surface area contributed by atoms with Crippen LogP contribution in [0.2, 0.25) is 0 Å². The fourth-order valence-electron chi connectivity index (χ4n) is 1.31. The van der Waals surface area contributed by atoms with Crippen LogP contribution in [0.1, 0.15) is 13.3 Å². The van der Waals surface area contributed by atoms with Crippen molar-refractivity contribution in [1.82, 2.24) is 5.32 Å². The van der Waals surface area contributed by atoms with Gasteiger partial charge in [-0.15, -0.1) is 0 Å². The van der Waals surface area contributed by atoms with Gasteiger partial charge < -0.3 is 15.2 Å². The highest BCUT2D eigenvalue weighted by Crippen LogP contribution is 2.08. The van der Waals surface area contributed by atoms with Crippen LogP contribution in [0.4, 0.5) is 0 Å². The van der Waals surface area contributed by atoms with Crippen molar-refractivity contribution in [3.8, 4) is 5.75 Å². The third kappa shape index (κ3) is 5.01. The summed E-state index contributed by atoms with van der Waals surface area (Å²) in [6.45, 7) is 1.52. The zero-order valence-electron chi connectivity index (χ0n) is 9.55. The molecule has 1 amide bonds. The molecule has 2 N–H and O–H groups in total. The summed E-state index contributed by atoms with van der Waals surface area (Å²) in [6, 6.07) is 8.19. The van der Waals surface area contributed by atoms with E-state index in [1.165, 1.54) is 6.92 Å². The molecule has 5 nitrogen and oxygen atoms in total. The van der Waals surface area contributed by atoms with E-state index in [1.807, 2.05) is 18.2 Å². The molecule has 0 heterocycles. The summed E-state index contributed by atoms with van der Waals surface area (Å²) in [6.07, 6.45) is 0.226. The van der Waals surface area contributed by atoms with E-state index in [1.54, 1.807) is 12.1 Å². The minimum Gasteiger partial charge on any atom is -0.494 e. The molecule has 0 aliphatic heterocycles. The first-order chi connectivity index (χ1) is 8.09. The molecule has 0 saturated heterocycles. The molecule has 1 atom stereocenters. The van der Waals surface area contributed by atoms with Crippen molar-refractivity contribution >= 4 is 11.9 Å². The molecule has 0 saturated carbocycles. The molecule has 0 aromatic heterocycles. The van der Waals surface area contributed by atoms with Crippen molar-refractivity contribution in [3.63, 3.8) is 0 Å². The van der Waals surface area contributed by atoms with Crippen LogP contribution in [0, 0.1) is 0 Å². The first kappa shape index (κ1) is 13.0. The highest BCUT2D eigenvalue weighted by Gasteiger charge is 2.17. The van der Waals surface area contributed by atoms with E-state index in [9.17, 15) is 9.59 Å². The Morgan fingerprint density at radius 1 is 1.35 bits per heavy atom. The number of carboxylic acid groups (broad SMARTS) is 1. The number of aliphatic carboxylic acids is 1. The summed E-state index contributed by atoms with van der Waals surface area (Å²) >= 11 is 0. The lowest BCUT2D eigenvalue weighted by molar-refractivity contribution is -0.141. The maximum Gasteiger partial charge on any atom is 0.326 e. The fourth-order valence-corrected chi connectivity index (χ4v) is 1.31. The van der Waals surface area contributed by atoms with E-state index in [4.69, 9.17) is 9.84 Å². The van der Waals surface area contributed by atoms with Gasteiger partial charge in [0.2, 0.25) is 5.91 Å². The summed E-state index contributed by atoms with van der Waals surface area (Å²) in [5.74, 6) is -0.742. The highest BCUT2D eigenvalue weighted by molar-refractivity contribution is 5.81. The van der Waals surface area contributed by atoms with Crippen molar-refractivity contribution in [2.45, 2.75) is 19.4 Å². The molecule has 0 aliphatic carbocycles. The smallest absolute Gasteiger partial charge is 0.326 e. The van der Waals surface area contributed by atoms with Gasteiger partial charge in [0.1, 0.15) is 11.8 Å². The van der Waals surface area contributed by atoms with E-state index in [2.05, 4.69) is 5.32 Å². The number of carbonyl (C=O) groups is 2. The third-order valence-corrected chi connectivity index (χ3v) is 2.09. The topological polar surface area (TPSA) is 75.6 Å². The molecule has 0 aliphatic rings. The molecule has 1 aromatic rings. The minimum absolute atomic E-state index is 0.226. The average molecular weight is 237 g/mol. The number of benzene rings is 1. The molecule has 17 heavy (non-hydrogen) atoms. The second kappa shape index (κ2) is 6.52. The van der Waals surface area contributed by atoms with Crippen LogP contribution in [0.5, 0.6) is 5.75 Å². The first-order valence-corrected chi connectivity index (χ1v) is 5.27. The van der Waals surface area contributed by atoms with E-state index < -0.39 is 12.0 Å². The van der Waals surface area contributed by atoms with Gasteiger partial charge >= 0.3 is 5.97 Å². The Bertz CT molecular complexity index is 377. The molecule has 0 fully saturated rings. The lowest BCUT2D eigenvalue weighted by Crippen LogP contribution is -2.40. The quantitative estimate of drug-likeness (QED) is 0.775. The average Bonchev–Trinajstić information content (AvgIpc) is 2.28. The monoisotopic (exact) mass is 237 g/mol. The molecule has 0 unspecified atom stereocenters. The van der Waals surface area contributed by atoms with Crippen LogP contribution in [-0.4, -0.2) is 29.6 Å². The van der Waals surface area contributed by atoms with E-state index in [0.717, 1.165) is 0 Å². The zero-order chi connectivity index (χ0) is 12.7. The predicted octanol–water partition coefficient (Wildman–Crippen LogP) is 1.04. The number of para-hydroxylation sites is 1. The number of carbonyl (C=O) groups excluding carboxylic acids is 1. The van der Waals surface area contributed by atoms with Crippen LogP contribution in [0.25, 0.3) is 0 Å². The summed E-state index contributed by atoms with van der Waals surface area (Å²) in [4.78, 5) is 21.6. The Labute approximate surface area is 99.4 Å².